The number of nitrogens with zero attached hydrogens (tertiary/aromatic N) is 1. The van der Waals surface area contributed by atoms with Gasteiger partial charge in [-0.3, -0.25) is 9.59 Å². The average Bonchev–Trinajstić information content (AvgIpc) is 2.59. The van der Waals surface area contributed by atoms with Gasteiger partial charge in [-0.15, -0.1) is 0 Å². The molecule has 1 rings (SSSR count). The molecule has 1 amide bonds. The van der Waals surface area contributed by atoms with Gasteiger partial charge in [-0.2, -0.15) is 0 Å². The number of carbonyl (C=O) groups excluding carboxylic acids is 1. The number of hydrogen-bond donors (Lipinski definition) is 2. The number of carboxylic acids is 1. The van der Waals surface area contributed by atoms with E-state index in [2.05, 4.69) is 5.32 Å². The van der Waals surface area contributed by atoms with Crippen LogP contribution in [0, 0.1) is 0 Å². The van der Waals surface area contributed by atoms with Crippen LogP contribution in [-0.2, 0) is 23.1 Å². The number of carbonyl (C=O) groups is 2. The van der Waals surface area contributed by atoms with E-state index in [4.69, 9.17) is 5.11 Å². The van der Waals surface area contributed by atoms with E-state index in [0.717, 1.165) is 5.56 Å². The lowest BCUT2D eigenvalue weighted by Crippen LogP contribution is -2.35. The van der Waals surface area contributed by atoms with Crippen molar-refractivity contribution in [1.29, 1.82) is 0 Å². The van der Waals surface area contributed by atoms with Crippen LogP contribution in [-0.4, -0.2) is 27.6 Å². The Morgan fingerprint density at radius 2 is 2.24 bits per heavy atom. The zero-order chi connectivity index (χ0) is 12.8. The van der Waals surface area contributed by atoms with Gasteiger partial charge in [0.2, 0.25) is 5.91 Å². The molecular weight excluding hydrogens is 220 g/mol. The molecule has 0 aliphatic rings. The van der Waals surface area contributed by atoms with E-state index in [-0.39, 0.29) is 18.4 Å². The van der Waals surface area contributed by atoms with Gasteiger partial charge >= 0.3 is 5.97 Å². The molecule has 0 aliphatic heterocycles. The Labute approximate surface area is 100 Å². The van der Waals surface area contributed by atoms with Gasteiger partial charge in [-0.1, -0.05) is 0 Å². The molecule has 1 atom stereocenters. The monoisotopic (exact) mass is 238 g/mol. The highest BCUT2D eigenvalue weighted by molar-refractivity contribution is 5.73. The van der Waals surface area contributed by atoms with Gasteiger partial charge < -0.3 is 15.0 Å². The summed E-state index contributed by atoms with van der Waals surface area (Å²) in [4.78, 5) is 21.6. The van der Waals surface area contributed by atoms with E-state index in [9.17, 15) is 9.59 Å². The van der Waals surface area contributed by atoms with Crippen molar-refractivity contribution in [3.8, 4) is 0 Å². The van der Waals surface area contributed by atoms with E-state index in [1.807, 2.05) is 30.1 Å². The lowest BCUT2D eigenvalue weighted by molar-refractivity contribution is -0.137. The molecule has 1 aromatic heterocycles. The molecule has 0 radical (unpaired) electrons. The van der Waals surface area contributed by atoms with Gasteiger partial charge in [0.15, 0.2) is 0 Å². The summed E-state index contributed by atoms with van der Waals surface area (Å²) in [6.45, 7) is 1.44. The van der Waals surface area contributed by atoms with Crippen LogP contribution in [0.15, 0.2) is 18.5 Å². The second-order valence-electron chi connectivity index (χ2n) is 4.22. The van der Waals surface area contributed by atoms with E-state index >= 15 is 0 Å². The number of nitrogens with one attached hydrogen (secondary N) is 1. The molecular formula is C12H18N2O3. The third-order valence-corrected chi connectivity index (χ3v) is 2.49. The number of rotatable bonds is 6. The van der Waals surface area contributed by atoms with Crippen LogP contribution in [0.2, 0.25) is 0 Å². The molecule has 1 aromatic rings. The van der Waals surface area contributed by atoms with Crippen LogP contribution in [0.3, 0.4) is 0 Å². The largest absolute Gasteiger partial charge is 0.481 e. The Bertz CT molecular complexity index is 398. The van der Waals surface area contributed by atoms with Crippen LogP contribution in [0.25, 0.3) is 0 Å². The Morgan fingerprint density at radius 3 is 2.71 bits per heavy atom. The van der Waals surface area contributed by atoms with Crippen molar-refractivity contribution in [2.45, 2.75) is 32.2 Å². The summed E-state index contributed by atoms with van der Waals surface area (Å²) < 4.78 is 1.93. The highest BCUT2D eigenvalue weighted by Crippen LogP contribution is 2.08. The van der Waals surface area contributed by atoms with E-state index < -0.39 is 5.97 Å². The molecule has 0 fully saturated rings. The molecule has 0 saturated heterocycles. The van der Waals surface area contributed by atoms with Gasteiger partial charge in [0.25, 0.3) is 0 Å². The topological polar surface area (TPSA) is 71.3 Å². The van der Waals surface area contributed by atoms with Gasteiger partial charge in [0, 0.05) is 38.8 Å². The molecule has 94 valence electrons. The zero-order valence-corrected chi connectivity index (χ0v) is 10.1. The van der Waals surface area contributed by atoms with Crippen molar-refractivity contribution >= 4 is 11.9 Å². The third-order valence-electron chi connectivity index (χ3n) is 2.49. The first-order chi connectivity index (χ1) is 7.97. The Morgan fingerprint density at radius 1 is 1.53 bits per heavy atom. The molecule has 0 spiro atoms. The number of aliphatic carboxylic acids is 1. The van der Waals surface area contributed by atoms with Crippen molar-refractivity contribution in [1.82, 2.24) is 9.88 Å². The predicted molar refractivity (Wildman–Crippen MR) is 63.6 cm³/mol. The summed E-state index contributed by atoms with van der Waals surface area (Å²) in [7, 11) is 1.92. The number of carboxylic acid groups (broad SMARTS) is 1. The first-order valence-corrected chi connectivity index (χ1v) is 5.57. The second-order valence-corrected chi connectivity index (χ2v) is 4.22. The minimum atomic E-state index is -0.839. The van der Waals surface area contributed by atoms with Gasteiger partial charge in [-0.25, -0.2) is 0 Å². The van der Waals surface area contributed by atoms with Gasteiger partial charge in [-0.05, 0) is 24.5 Å². The van der Waals surface area contributed by atoms with Crippen molar-refractivity contribution < 1.29 is 14.7 Å². The molecule has 0 aromatic carbocycles. The Kier molecular flexibility index (Phi) is 4.75. The van der Waals surface area contributed by atoms with E-state index in [0.29, 0.717) is 12.8 Å². The number of aryl methyl sites for hydroxylation is 1. The summed E-state index contributed by atoms with van der Waals surface area (Å²) in [5.74, 6) is -0.968. The molecule has 0 aliphatic carbocycles. The summed E-state index contributed by atoms with van der Waals surface area (Å²) in [6, 6.07) is 1.85. The van der Waals surface area contributed by atoms with Crippen molar-refractivity contribution in [3.05, 3.63) is 24.0 Å². The first-order valence-electron chi connectivity index (χ1n) is 5.57. The number of hydrogen-bond acceptors (Lipinski definition) is 2. The quantitative estimate of drug-likeness (QED) is 0.774. The van der Waals surface area contributed by atoms with Crippen LogP contribution >= 0.6 is 0 Å². The SMILES string of the molecule is CC(=O)NC(CCC(=O)O)Cc1ccn(C)c1. The fourth-order valence-electron chi connectivity index (χ4n) is 1.78. The van der Waals surface area contributed by atoms with Crippen molar-refractivity contribution in [2.24, 2.45) is 7.05 Å². The number of amides is 1. The van der Waals surface area contributed by atoms with Crippen LogP contribution in [0.5, 0.6) is 0 Å². The van der Waals surface area contributed by atoms with Gasteiger partial charge in [0.05, 0.1) is 0 Å². The second kappa shape index (κ2) is 6.08. The third kappa shape index (κ3) is 5.19. The molecule has 0 saturated carbocycles. The van der Waals surface area contributed by atoms with Crippen LogP contribution in [0.4, 0.5) is 0 Å². The maximum atomic E-state index is 11.0. The smallest absolute Gasteiger partial charge is 0.303 e. The Balaban J connectivity index is 2.56. The lowest BCUT2D eigenvalue weighted by atomic mass is 10.0. The van der Waals surface area contributed by atoms with Crippen LogP contribution in [0.1, 0.15) is 25.3 Å². The van der Waals surface area contributed by atoms with Crippen molar-refractivity contribution in [3.63, 3.8) is 0 Å². The lowest BCUT2D eigenvalue weighted by Gasteiger charge is -2.16. The van der Waals surface area contributed by atoms with E-state index in [1.54, 1.807) is 0 Å². The normalized spacial score (nSPS) is 12.1. The summed E-state index contributed by atoms with van der Waals surface area (Å²) in [5.41, 5.74) is 1.09. The highest BCUT2D eigenvalue weighted by atomic mass is 16.4. The fraction of sp³-hybridized carbons (Fsp3) is 0.500. The fourth-order valence-corrected chi connectivity index (χ4v) is 1.78. The molecule has 1 heterocycles. The van der Waals surface area contributed by atoms with Gasteiger partial charge in [0.1, 0.15) is 0 Å². The minimum Gasteiger partial charge on any atom is -0.481 e. The molecule has 0 bridgehead atoms. The summed E-state index contributed by atoms with van der Waals surface area (Å²) >= 11 is 0. The average molecular weight is 238 g/mol. The summed E-state index contributed by atoms with van der Waals surface area (Å²) in [6.07, 6.45) is 5.07. The Hall–Kier alpha value is -1.78. The summed E-state index contributed by atoms with van der Waals surface area (Å²) in [5, 5.41) is 11.4. The highest BCUT2D eigenvalue weighted by Gasteiger charge is 2.13. The maximum Gasteiger partial charge on any atom is 0.303 e. The number of aromatic nitrogens is 1. The molecule has 17 heavy (non-hydrogen) atoms. The molecule has 5 nitrogen and oxygen atoms in total. The van der Waals surface area contributed by atoms with Crippen LogP contribution < -0.4 is 5.32 Å². The minimum absolute atomic E-state index is 0.0672. The predicted octanol–water partition coefficient (Wildman–Crippen LogP) is 0.937. The maximum absolute atomic E-state index is 11.0. The van der Waals surface area contributed by atoms with E-state index in [1.165, 1.54) is 6.92 Å². The van der Waals surface area contributed by atoms with Crippen molar-refractivity contribution in [2.75, 3.05) is 0 Å². The molecule has 5 heteroatoms. The first kappa shape index (κ1) is 13.3. The molecule has 2 N–H and O–H groups in total. The molecule has 1 unspecified atom stereocenters. The standard InChI is InChI=1S/C12H18N2O3/c1-9(15)13-11(3-4-12(16)17)7-10-5-6-14(2)8-10/h5-6,8,11H,3-4,7H2,1-2H3,(H,13,15)(H,16,17). The zero-order valence-electron chi connectivity index (χ0n) is 10.1.